The first-order chi connectivity index (χ1) is 6.66. The van der Waals surface area contributed by atoms with Gasteiger partial charge in [-0.1, -0.05) is 35.9 Å². The average Bonchev–Trinajstić information content (AvgIpc) is 2.19. The van der Waals surface area contributed by atoms with Crippen LogP contribution in [0, 0.1) is 0 Å². The Morgan fingerprint density at radius 3 is 2.14 bits per heavy atom. The smallest absolute Gasteiger partial charge is 0.338 e. The first kappa shape index (κ1) is 10.5. The van der Waals surface area contributed by atoms with Gasteiger partial charge in [0.1, 0.15) is 0 Å². The van der Waals surface area contributed by atoms with Crippen LogP contribution in [-0.4, -0.2) is 13.1 Å². The Kier molecular flexibility index (Phi) is 3.46. The largest absolute Gasteiger partial charge is 0.465 e. The maximum absolute atomic E-state index is 11.5. The van der Waals surface area contributed by atoms with Crippen molar-refractivity contribution < 1.29 is 9.53 Å². The first-order valence-electron chi connectivity index (χ1n) is 4.48. The molecule has 0 fully saturated rings. The predicted molar refractivity (Wildman–Crippen MR) is 56.7 cm³/mol. The molecule has 1 aromatic rings. The number of esters is 1. The maximum Gasteiger partial charge on any atom is 0.338 e. The molecule has 0 atom stereocenters. The monoisotopic (exact) mass is 190 g/mol. The molecule has 0 saturated heterocycles. The van der Waals surface area contributed by atoms with Gasteiger partial charge in [0, 0.05) is 0 Å². The Bertz CT molecular complexity index is 346. The van der Waals surface area contributed by atoms with Crippen molar-refractivity contribution in [1.82, 2.24) is 0 Å². The molecule has 1 rings (SSSR count). The number of hydrogen-bond donors (Lipinski definition) is 0. The molecule has 0 radical (unpaired) electrons. The summed E-state index contributed by atoms with van der Waals surface area (Å²) in [6.45, 7) is 3.80. The van der Waals surface area contributed by atoms with Gasteiger partial charge >= 0.3 is 5.97 Å². The molecule has 0 aliphatic rings. The Morgan fingerprint density at radius 2 is 1.71 bits per heavy atom. The molecule has 0 spiro atoms. The summed E-state index contributed by atoms with van der Waals surface area (Å²) in [5.41, 5.74) is 2.51. The summed E-state index contributed by atoms with van der Waals surface area (Å²) in [6, 6.07) is 9.53. The highest BCUT2D eigenvalue weighted by molar-refractivity contribution is 6.17. The van der Waals surface area contributed by atoms with E-state index in [9.17, 15) is 4.79 Å². The van der Waals surface area contributed by atoms with Gasteiger partial charge in [0.2, 0.25) is 0 Å². The molecule has 1 aromatic carbocycles. The average molecular weight is 190 g/mol. The topological polar surface area (TPSA) is 26.3 Å². The number of carbonyl (C=O) groups excluding carboxylic acids is 1. The summed E-state index contributed by atoms with van der Waals surface area (Å²) in [7, 11) is 1.40. The van der Waals surface area contributed by atoms with Crippen LogP contribution in [0.2, 0.25) is 0 Å². The zero-order valence-corrected chi connectivity index (χ0v) is 8.70. The number of allylic oxidation sites excluding steroid dienone is 1. The molecule has 2 nitrogen and oxygen atoms in total. The minimum atomic E-state index is -0.281. The zero-order valence-electron chi connectivity index (χ0n) is 8.70. The fraction of sp³-hybridized carbons (Fsp3) is 0.250. The second-order valence-electron chi connectivity index (χ2n) is 3.23. The van der Waals surface area contributed by atoms with E-state index in [4.69, 9.17) is 4.74 Å². The molecule has 0 N–H and O–H groups in total. The fourth-order valence-corrected chi connectivity index (χ4v) is 1.32. The Balaban J connectivity index is 3.16. The third-order valence-corrected chi connectivity index (χ3v) is 1.95. The molecule has 0 aromatic heterocycles. The molecule has 0 heterocycles. The van der Waals surface area contributed by atoms with Crippen molar-refractivity contribution in [3.63, 3.8) is 0 Å². The molecular weight excluding hydrogens is 176 g/mol. The van der Waals surface area contributed by atoms with Gasteiger partial charge in [-0.05, 0) is 19.4 Å². The van der Waals surface area contributed by atoms with E-state index in [-0.39, 0.29) is 5.97 Å². The highest BCUT2D eigenvalue weighted by atomic mass is 16.5. The van der Waals surface area contributed by atoms with Gasteiger partial charge in [0.25, 0.3) is 0 Å². The van der Waals surface area contributed by atoms with E-state index in [0.717, 1.165) is 11.1 Å². The Labute approximate surface area is 84.2 Å². The molecule has 0 bridgehead atoms. The first-order valence-corrected chi connectivity index (χ1v) is 4.48. The quantitative estimate of drug-likeness (QED) is 0.529. The highest BCUT2D eigenvalue weighted by Gasteiger charge is 2.12. The van der Waals surface area contributed by atoms with Crippen LogP contribution in [0.4, 0.5) is 0 Å². The van der Waals surface area contributed by atoms with Gasteiger partial charge in [0.05, 0.1) is 12.7 Å². The van der Waals surface area contributed by atoms with E-state index in [2.05, 4.69) is 0 Å². The van der Waals surface area contributed by atoms with E-state index in [1.54, 1.807) is 0 Å². The van der Waals surface area contributed by atoms with Crippen LogP contribution in [0.5, 0.6) is 0 Å². The van der Waals surface area contributed by atoms with Crippen molar-refractivity contribution in [3.8, 4) is 0 Å². The molecule has 0 unspecified atom stereocenters. The third kappa shape index (κ3) is 2.22. The lowest BCUT2D eigenvalue weighted by Gasteiger charge is -2.07. The standard InChI is InChI=1S/C12H14O2/c1-9(2)11(12(13)14-3)10-7-5-4-6-8-10/h4-8H,1-3H3. The normalized spacial score (nSPS) is 9.36. The fourth-order valence-electron chi connectivity index (χ4n) is 1.32. The van der Waals surface area contributed by atoms with Crippen molar-refractivity contribution in [1.29, 1.82) is 0 Å². The second-order valence-corrected chi connectivity index (χ2v) is 3.23. The summed E-state index contributed by atoms with van der Waals surface area (Å²) in [6.07, 6.45) is 0. The summed E-state index contributed by atoms with van der Waals surface area (Å²) in [5, 5.41) is 0. The molecule has 0 amide bonds. The third-order valence-electron chi connectivity index (χ3n) is 1.95. The Hall–Kier alpha value is -1.57. The summed E-state index contributed by atoms with van der Waals surface area (Å²) in [5.74, 6) is -0.281. The maximum atomic E-state index is 11.5. The van der Waals surface area contributed by atoms with Crippen LogP contribution >= 0.6 is 0 Å². The summed E-state index contributed by atoms with van der Waals surface area (Å²) in [4.78, 5) is 11.5. The van der Waals surface area contributed by atoms with Gasteiger partial charge < -0.3 is 4.74 Å². The van der Waals surface area contributed by atoms with Crippen molar-refractivity contribution >= 4 is 11.5 Å². The second kappa shape index (κ2) is 4.61. The van der Waals surface area contributed by atoms with E-state index >= 15 is 0 Å². The van der Waals surface area contributed by atoms with Crippen LogP contribution in [0.1, 0.15) is 19.4 Å². The van der Waals surface area contributed by atoms with Gasteiger partial charge in [0.15, 0.2) is 0 Å². The lowest BCUT2D eigenvalue weighted by atomic mass is 10.0. The number of benzene rings is 1. The van der Waals surface area contributed by atoms with Crippen molar-refractivity contribution in [2.45, 2.75) is 13.8 Å². The van der Waals surface area contributed by atoms with Crippen molar-refractivity contribution in [2.75, 3.05) is 7.11 Å². The van der Waals surface area contributed by atoms with Crippen LogP contribution in [-0.2, 0) is 9.53 Å². The van der Waals surface area contributed by atoms with Gasteiger partial charge in [-0.3, -0.25) is 0 Å². The van der Waals surface area contributed by atoms with E-state index < -0.39 is 0 Å². The lowest BCUT2D eigenvalue weighted by molar-refractivity contribution is -0.133. The number of methoxy groups -OCH3 is 1. The SMILES string of the molecule is COC(=O)C(=C(C)C)c1ccccc1. The van der Waals surface area contributed by atoms with Crippen LogP contribution in [0.25, 0.3) is 5.57 Å². The Morgan fingerprint density at radius 1 is 1.14 bits per heavy atom. The minimum absolute atomic E-state index is 0.281. The zero-order chi connectivity index (χ0) is 10.6. The number of hydrogen-bond acceptors (Lipinski definition) is 2. The molecule has 14 heavy (non-hydrogen) atoms. The number of carbonyl (C=O) groups is 1. The molecule has 0 aliphatic carbocycles. The van der Waals surface area contributed by atoms with Crippen LogP contribution in [0.3, 0.4) is 0 Å². The summed E-state index contributed by atoms with van der Waals surface area (Å²) >= 11 is 0. The number of ether oxygens (including phenoxy) is 1. The van der Waals surface area contributed by atoms with Gasteiger partial charge in [-0.2, -0.15) is 0 Å². The van der Waals surface area contributed by atoms with Crippen molar-refractivity contribution in [2.24, 2.45) is 0 Å². The van der Waals surface area contributed by atoms with Crippen LogP contribution in [0.15, 0.2) is 35.9 Å². The van der Waals surface area contributed by atoms with Crippen molar-refractivity contribution in [3.05, 3.63) is 41.5 Å². The van der Waals surface area contributed by atoms with E-state index in [1.807, 2.05) is 44.2 Å². The molecule has 0 saturated carbocycles. The lowest BCUT2D eigenvalue weighted by Crippen LogP contribution is -2.05. The van der Waals surface area contributed by atoms with Crippen LogP contribution < -0.4 is 0 Å². The number of rotatable bonds is 2. The highest BCUT2D eigenvalue weighted by Crippen LogP contribution is 2.19. The molecular formula is C12H14O2. The molecule has 0 aliphatic heterocycles. The minimum Gasteiger partial charge on any atom is -0.465 e. The summed E-state index contributed by atoms with van der Waals surface area (Å²) < 4.78 is 4.73. The van der Waals surface area contributed by atoms with E-state index in [1.165, 1.54) is 7.11 Å². The van der Waals surface area contributed by atoms with Gasteiger partial charge in [-0.25, -0.2) is 4.79 Å². The molecule has 74 valence electrons. The molecule has 2 heteroatoms. The predicted octanol–water partition coefficient (Wildman–Crippen LogP) is 2.65. The van der Waals surface area contributed by atoms with E-state index in [0.29, 0.717) is 5.57 Å². The van der Waals surface area contributed by atoms with Gasteiger partial charge in [-0.15, -0.1) is 0 Å².